The van der Waals surface area contributed by atoms with E-state index in [1.807, 2.05) is 0 Å². The van der Waals surface area contributed by atoms with Crippen LogP contribution in [0.25, 0.3) is 0 Å². The van der Waals surface area contributed by atoms with Gasteiger partial charge in [0, 0.05) is 6.61 Å². The molecule has 0 radical (unpaired) electrons. The van der Waals surface area contributed by atoms with E-state index in [2.05, 4.69) is 5.32 Å². The lowest BCUT2D eigenvalue weighted by Gasteiger charge is -2.32. The Labute approximate surface area is 107 Å². The summed E-state index contributed by atoms with van der Waals surface area (Å²) in [6.07, 6.45) is 0.129. The summed E-state index contributed by atoms with van der Waals surface area (Å²) in [6.45, 7) is 6.19. The smallest absolute Gasteiger partial charge is 0.407 e. The summed E-state index contributed by atoms with van der Waals surface area (Å²) >= 11 is 0. The van der Waals surface area contributed by atoms with Crippen molar-refractivity contribution in [1.82, 2.24) is 5.32 Å². The highest BCUT2D eigenvalue weighted by atomic mass is 16.6. The zero-order valence-electron chi connectivity index (χ0n) is 11.1. The first-order valence-electron chi connectivity index (χ1n) is 6.07. The van der Waals surface area contributed by atoms with Crippen LogP contribution >= 0.6 is 0 Å². The van der Waals surface area contributed by atoms with Gasteiger partial charge in [-0.25, -0.2) is 4.79 Å². The first-order valence-corrected chi connectivity index (χ1v) is 6.07. The van der Waals surface area contributed by atoms with Crippen LogP contribution in [0.15, 0.2) is 0 Å². The van der Waals surface area contributed by atoms with Crippen LogP contribution in [-0.2, 0) is 14.3 Å². The van der Waals surface area contributed by atoms with Crippen LogP contribution < -0.4 is 5.32 Å². The van der Waals surface area contributed by atoms with Crippen molar-refractivity contribution in [3.63, 3.8) is 0 Å². The number of hydrogen-bond acceptors (Lipinski definition) is 4. The molecule has 0 aromatic carbocycles. The summed E-state index contributed by atoms with van der Waals surface area (Å²) < 4.78 is 10.4. The molecule has 0 unspecified atom stereocenters. The van der Waals surface area contributed by atoms with Crippen molar-refractivity contribution in [2.45, 2.75) is 45.3 Å². The van der Waals surface area contributed by atoms with Crippen molar-refractivity contribution >= 4 is 12.1 Å². The van der Waals surface area contributed by atoms with Gasteiger partial charge in [0.2, 0.25) is 0 Å². The van der Waals surface area contributed by atoms with Gasteiger partial charge in [-0.15, -0.1) is 0 Å². The molecular formula is C12H21NO5. The number of hydrogen-bond donors (Lipinski definition) is 2. The van der Waals surface area contributed by atoms with Crippen molar-refractivity contribution in [3.05, 3.63) is 0 Å². The lowest BCUT2D eigenvalue weighted by molar-refractivity contribution is -0.139. The number of alkyl carbamates (subject to hydrolysis) is 1. The Morgan fingerprint density at radius 1 is 1.44 bits per heavy atom. The largest absolute Gasteiger partial charge is 0.481 e. The minimum absolute atomic E-state index is 0.0316. The maximum Gasteiger partial charge on any atom is 0.407 e. The fourth-order valence-corrected chi connectivity index (χ4v) is 1.87. The molecule has 18 heavy (non-hydrogen) atoms. The summed E-state index contributed by atoms with van der Waals surface area (Å²) in [5.74, 6) is -0.971. The van der Waals surface area contributed by atoms with Gasteiger partial charge in [0.05, 0.1) is 19.1 Å². The molecule has 2 atom stereocenters. The molecule has 1 amide bonds. The SMILES string of the molecule is CC(C)(C)OC(=O)N[C@@H]1COCC[C@H]1CC(=O)O. The topological polar surface area (TPSA) is 84.9 Å². The van der Waals surface area contributed by atoms with Gasteiger partial charge in [-0.05, 0) is 33.1 Å². The molecule has 6 nitrogen and oxygen atoms in total. The molecule has 0 bridgehead atoms. The molecule has 2 N–H and O–H groups in total. The van der Waals surface area contributed by atoms with Gasteiger partial charge in [-0.1, -0.05) is 0 Å². The number of carbonyl (C=O) groups is 2. The molecule has 1 fully saturated rings. The van der Waals surface area contributed by atoms with Gasteiger partial charge < -0.3 is 19.9 Å². The molecule has 1 aliphatic rings. The zero-order valence-corrected chi connectivity index (χ0v) is 11.1. The van der Waals surface area contributed by atoms with Gasteiger partial charge in [0.25, 0.3) is 0 Å². The van der Waals surface area contributed by atoms with Gasteiger partial charge in [0.1, 0.15) is 5.60 Å². The van der Waals surface area contributed by atoms with Gasteiger partial charge in [-0.3, -0.25) is 4.79 Å². The summed E-state index contributed by atoms with van der Waals surface area (Å²) in [5, 5.41) is 11.5. The number of rotatable bonds is 3. The molecule has 0 aliphatic carbocycles. The molecule has 1 aliphatic heterocycles. The van der Waals surface area contributed by atoms with E-state index < -0.39 is 17.7 Å². The van der Waals surface area contributed by atoms with Gasteiger partial charge in [-0.2, -0.15) is 0 Å². The van der Waals surface area contributed by atoms with Crippen molar-refractivity contribution < 1.29 is 24.2 Å². The quantitative estimate of drug-likeness (QED) is 0.800. The minimum Gasteiger partial charge on any atom is -0.481 e. The molecule has 1 saturated heterocycles. The highest BCUT2D eigenvalue weighted by molar-refractivity contribution is 5.69. The van der Waals surface area contributed by atoms with E-state index in [9.17, 15) is 9.59 Å². The van der Waals surface area contributed by atoms with E-state index >= 15 is 0 Å². The number of amides is 1. The van der Waals surface area contributed by atoms with Crippen LogP contribution in [0.3, 0.4) is 0 Å². The highest BCUT2D eigenvalue weighted by Gasteiger charge is 2.30. The van der Waals surface area contributed by atoms with Crippen molar-refractivity contribution in [3.8, 4) is 0 Å². The van der Waals surface area contributed by atoms with E-state index in [0.717, 1.165) is 0 Å². The predicted octanol–water partition coefficient (Wildman–Crippen LogP) is 1.39. The molecular weight excluding hydrogens is 238 g/mol. The minimum atomic E-state index is -0.863. The van der Waals surface area contributed by atoms with Crippen molar-refractivity contribution in [2.24, 2.45) is 5.92 Å². The van der Waals surface area contributed by atoms with E-state index in [1.54, 1.807) is 20.8 Å². The lowest BCUT2D eigenvalue weighted by Crippen LogP contribution is -2.48. The fraction of sp³-hybridized carbons (Fsp3) is 0.833. The number of carboxylic acid groups (broad SMARTS) is 1. The van der Waals surface area contributed by atoms with Crippen molar-refractivity contribution in [2.75, 3.05) is 13.2 Å². The lowest BCUT2D eigenvalue weighted by atomic mass is 9.92. The first kappa shape index (κ1) is 14.8. The second kappa shape index (κ2) is 6.04. The number of aliphatic carboxylic acids is 1. The number of carbonyl (C=O) groups excluding carboxylic acids is 1. The summed E-state index contributed by atoms with van der Waals surface area (Å²) in [7, 11) is 0. The van der Waals surface area contributed by atoms with Crippen LogP contribution in [-0.4, -0.2) is 42.0 Å². The Kier molecular flexibility index (Phi) is 4.95. The molecule has 0 saturated carbocycles. The molecule has 1 heterocycles. The second-order valence-corrected chi connectivity index (χ2v) is 5.47. The third kappa shape index (κ3) is 5.35. The third-order valence-corrected chi connectivity index (χ3v) is 2.64. The second-order valence-electron chi connectivity index (χ2n) is 5.47. The Morgan fingerprint density at radius 2 is 2.11 bits per heavy atom. The Bertz CT molecular complexity index is 310. The van der Waals surface area contributed by atoms with Crippen molar-refractivity contribution in [1.29, 1.82) is 0 Å². The van der Waals surface area contributed by atoms with E-state index in [-0.39, 0.29) is 18.4 Å². The summed E-state index contributed by atoms with van der Waals surface area (Å²) in [6, 6.07) is -0.301. The first-order chi connectivity index (χ1) is 8.28. The molecule has 1 rings (SSSR count). The Morgan fingerprint density at radius 3 is 2.67 bits per heavy atom. The third-order valence-electron chi connectivity index (χ3n) is 2.64. The van der Waals surface area contributed by atoms with Gasteiger partial charge in [0.15, 0.2) is 0 Å². The monoisotopic (exact) mass is 259 g/mol. The maximum atomic E-state index is 11.6. The summed E-state index contributed by atoms with van der Waals surface area (Å²) in [5.41, 5.74) is -0.568. The molecule has 104 valence electrons. The maximum absolute atomic E-state index is 11.6. The Hall–Kier alpha value is -1.30. The van der Waals surface area contributed by atoms with E-state index in [0.29, 0.717) is 19.6 Å². The normalized spacial score (nSPS) is 24.4. The Balaban J connectivity index is 2.51. The zero-order chi connectivity index (χ0) is 13.8. The van der Waals surface area contributed by atoms with Gasteiger partial charge >= 0.3 is 12.1 Å². The molecule has 6 heteroatoms. The predicted molar refractivity (Wildman–Crippen MR) is 64.3 cm³/mol. The average Bonchev–Trinajstić information content (AvgIpc) is 2.17. The van der Waals surface area contributed by atoms with Crippen LogP contribution in [0.2, 0.25) is 0 Å². The highest BCUT2D eigenvalue weighted by Crippen LogP contribution is 2.20. The van der Waals surface area contributed by atoms with E-state index in [1.165, 1.54) is 0 Å². The fourth-order valence-electron chi connectivity index (χ4n) is 1.87. The molecule has 0 spiro atoms. The molecule has 0 aromatic rings. The number of nitrogens with one attached hydrogen (secondary N) is 1. The average molecular weight is 259 g/mol. The number of ether oxygens (including phenoxy) is 2. The molecule has 0 aromatic heterocycles. The summed E-state index contributed by atoms with van der Waals surface area (Å²) in [4.78, 5) is 22.4. The van der Waals surface area contributed by atoms with E-state index in [4.69, 9.17) is 14.6 Å². The number of carboxylic acids is 1. The van der Waals surface area contributed by atoms with Crippen LogP contribution in [0.5, 0.6) is 0 Å². The standard InChI is InChI=1S/C12H21NO5/c1-12(2,3)18-11(16)13-9-7-17-5-4-8(9)6-10(14)15/h8-9H,4-7H2,1-3H3,(H,13,16)(H,14,15)/t8-,9+/m0/s1. The van der Waals surface area contributed by atoms with Crippen LogP contribution in [0, 0.1) is 5.92 Å². The van der Waals surface area contributed by atoms with Crippen LogP contribution in [0.1, 0.15) is 33.6 Å². The van der Waals surface area contributed by atoms with Crippen LogP contribution in [0.4, 0.5) is 4.79 Å².